The van der Waals surface area contributed by atoms with Gasteiger partial charge in [-0.15, -0.1) is 0 Å². The van der Waals surface area contributed by atoms with Crippen LogP contribution in [0.25, 0.3) is 0 Å². The smallest absolute Gasteiger partial charge is 0.217 e. The molecule has 0 saturated carbocycles. The van der Waals surface area contributed by atoms with Crippen LogP contribution in [0.15, 0.2) is 27.7 Å². The van der Waals surface area contributed by atoms with Gasteiger partial charge in [0.15, 0.2) is 0 Å². The molecule has 0 aliphatic carbocycles. The molecule has 4 heteroatoms. The molecule has 0 saturated heterocycles. The summed E-state index contributed by atoms with van der Waals surface area (Å²) in [4.78, 5) is 4.27. The fourth-order valence-corrected chi connectivity index (χ4v) is 2.07. The second-order valence-corrected chi connectivity index (χ2v) is 4.76. The number of hydrogen-bond acceptors (Lipinski definition) is 2. The Morgan fingerprint density at radius 2 is 2.31 bits per heavy atom. The summed E-state index contributed by atoms with van der Waals surface area (Å²) in [7, 11) is 0. The first-order valence-corrected chi connectivity index (χ1v) is 5.77. The first-order chi connectivity index (χ1) is 6.27. The molecule has 0 bridgehead atoms. The van der Waals surface area contributed by atoms with Gasteiger partial charge in [-0.3, -0.25) is 0 Å². The summed E-state index contributed by atoms with van der Waals surface area (Å²) in [6.07, 6.45) is 0. The third-order valence-electron chi connectivity index (χ3n) is 1.74. The molecule has 0 aromatic heterocycles. The largest absolute Gasteiger partial charge is 0.475 e. The summed E-state index contributed by atoms with van der Waals surface area (Å²) in [5, 5.41) is 0. The number of nitrogens with zero attached hydrogens (tertiary/aromatic N) is 1. The van der Waals surface area contributed by atoms with E-state index in [2.05, 4.69) is 49.6 Å². The van der Waals surface area contributed by atoms with Crippen LogP contribution in [0.2, 0.25) is 0 Å². The van der Waals surface area contributed by atoms with Crippen LogP contribution in [0.3, 0.4) is 0 Å². The first-order valence-electron chi connectivity index (χ1n) is 3.90. The third-order valence-corrected chi connectivity index (χ3v) is 3.11. The number of ether oxygens (including phenoxy) is 1. The zero-order chi connectivity index (χ0) is 9.26. The Morgan fingerprint density at radius 3 is 3.00 bits per heavy atom. The van der Waals surface area contributed by atoms with Gasteiger partial charge >= 0.3 is 0 Å². The second kappa shape index (κ2) is 3.96. The molecule has 1 aliphatic heterocycles. The number of rotatable bonds is 1. The molecular weight excluding hydrogens is 345 g/mol. The lowest BCUT2D eigenvalue weighted by atomic mass is 10.2. The zero-order valence-electron chi connectivity index (χ0n) is 6.76. The molecule has 68 valence electrons. The second-order valence-electron chi connectivity index (χ2n) is 2.66. The monoisotopic (exact) mass is 351 g/mol. The molecule has 13 heavy (non-hydrogen) atoms. The maximum Gasteiger partial charge on any atom is 0.217 e. The highest BCUT2D eigenvalue weighted by atomic mass is 127. The number of aliphatic imine (C=N–C) groups is 1. The Labute approximate surface area is 98.7 Å². The van der Waals surface area contributed by atoms with Gasteiger partial charge in [-0.2, -0.15) is 0 Å². The van der Waals surface area contributed by atoms with Crippen molar-refractivity contribution in [3.63, 3.8) is 0 Å². The Kier molecular flexibility index (Phi) is 2.88. The molecule has 1 heterocycles. The van der Waals surface area contributed by atoms with Gasteiger partial charge in [0.2, 0.25) is 5.90 Å². The molecule has 0 radical (unpaired) electrons. The zero-order valence-corrected chi connectivity index (χ0v) is 10.5. The van der Waals surface area contributed by atoms with Crippen LogP contribution in [0.4, 0.5) is 0 Å². The Morgan fingerprint density at radius 1 is 1.46 bits per heavy atom. The van der Waals surface area contributed by atoms with E-state index in [0.29, 0.717) is 6.61 Å². The van der Waals surface area contributed by atoms with E-state index < -0.39 is 0 Å². The molecule has 1 aliphatic rings. The lowest BCUT2D eigenvalue weighted by molar-refractivity contribution is 0.348. The lowest BCUT2D eigenvalue weighted by Crippen LogP contribution is -2.02. The molecule has 2 rings (SSSR count). The average Bonchev–Trinajstić information content (AvgIpc) is 2.61. The minimum absolute atomic E-state index is 0.702. The van der Waals surface area contributed by atoms with Gasteiger partial charge in [0.1, 0.15) is 6.61 Å². The average molecular weight is 352 g/mol. The Balaban J connectivity index is 2.43. The fraction of sp³-hybridized carbons (Fsp3) is 0.222. The van der Waals surface area contributed by atoms with E-state index in [-0.39, 0.29) is 0 Å². The van der Waals surface area contributed by atoms with E-state index in [1.807, 2.05) is 12.1 Å². The molecule has 0 N–H and O–H groups in total. The molecule has 1 aromatic carbocycles. The van der Waals surface area contributed by atoms with Gasteiger partial charge in [0, 0.05) is 8.04 Å². The minimum atomic E-state index is 0.702. The summed E-state index contributed by atoms with van der Waals surface area (Å²) in [5.41, 5.74) is 1.05. The maximum absolute atomic E-state index is 5.39. The van der Waals surface area contributed by atoms with E-state index in [4.69, 9.17) is 4.74 Å². The number of hydrogen-bond donors (Lipinski definition) is 0. The van der Waals surface area contributed by atoms with Gasteiger partial charge in [-0.25, -0.2) is 4.99 Å². The van der Waals surface area contributed by atoms with Crippen molar-refractivity contribution in [1.29, 1.82) is 0 Å². The number of benzene rings is 1. The van der Waals surface area contributed by atoms with Crippen molar-refractivity contribution in [2.45, 2.75) is 0 Å². The van der Waals surface area contributed by atoms with E-state index >= 15 is 0 Å². The van der Waals surface area contributed by atoms with Crippen molar-refractivity contribution < 1.29 is 4.74 Å². The predicted octanol–water partition coefficient (Wildman–Crippen LogP) is 2.83. The quantitative estimate of drug-likeness (QED) is 0.713. The normalized spacial score (nSPS) is 15.4. The number of halogens is 2. The fourth-order valence-electron chi connectivity index (χ4n) is 1.16. The summed E-state index contributed by atoms with van der Waals surface area (Å²) < 4.78 is 7.62. The van der Waals surface area contributed by atoms with Crippen molar-refractivity contribution in [1.82, 2.24) is 0 Å². The van der Waals surface area contributed by atoms with Crippen LogP contribution in [0, 0.1) is 3.57 Å². The SMILES string of the molecule is Brc1ccc(I)cc1C1=NCCO1. The molecule has 2 nitrogen and oxygen atoms in total. The predicted molar refractivity (Wildman–Crippen MR) is 64.2 cm³/mol. The highest BCUT2D eigenvalue weighted by Crippen LogP contribution is 2.21. The van der Waals surface area contributed by atoms with Crippen LogP contribution >= 0.6 is 38.5 Å². The van der Waals surface area contributed by atoms with Crippen LogP contribution in [-0.4, -0.2) is 19.0 Å². The standard InChI is InChI=1S/C9H7BrINO/c10-8-2-1-6(11)5-7(8)9-12-3-4-13-9/h1-2,5H,3-4H2. The third kappa shape index (κ3) is 2.04. The van der Waals surface area contributed by atoms with Crippen molar-refractivity contribution in [2.75, 3.05) is 13.2 Å². The van der Waals surface area contributed by atoms with Gasteiger partial charge < -0.3 is 4.74 Å². The van der Waals surface area contributed by atoms with E-state index in [1.165, 1.54) is 3.57 Å². The van der Waals surface area contributed by atoms with Crippen LogP contribution in [-0.2, 0) is 4.74 Å². The lowest BCUT2D eigenvalue weighted by Gasteiger charge is -2.04. The van der Waals surface area contributed by atoms with Crippen molar-refractivity contribution in [2.24, 2.45) is 4.99 Å². The molecule has 1 aromatic rings. The van der Waals surface area contributed by atoms with Crippen LogP contribution in [0.5, 0.6) is 0 Å². The molecule has 0 fully saturated rings. The first kappa shape index (κ1) is 9.45. The molecule has 0 atom stereocenters. The van der Waals surface area contributed by atoms with Crippen LogP contribution in [0.1, 0.15) is 5.56 Å². The van der Waals surface area contributed by atoms with Gasteiger partial charge in [-0.1, -0.05) is 0 Å². The van der Waals surface area contributed by atoms with Gasteiger partial charge in [-0.05, 0) is 56.7 Å². The molecule has 0 amide bonds. The highest BCUT2D eigenvalue weighted by Gasteiger charge is 2.13. The highest BCUT2D eigenvalue weighted by molar-refractivity contribution is 14.1. The molecular formula is C9H7BrINO. The summed E-state index contributed by atoms with van der Waals surface area (Å²) in [6.45, 7) is 1.47. The summed E-state index contributed by atoms with van der Waals surface area (Å²) >= 11 is 5.75. The van der Waals surface area contributed by atoms with E-state index in [1.54, 1.807) is 0 Å². The van der Waals surface area contributed by atoms with Crippen molar-refractivity contribution in [3.05, 3.63) is 31.8 Å². The molecule has 0 spiro atoms. The van der Waals surface area contributed by atoms with Crippen LogP contribution < -0.4 is 0 Å². The topological polar surface area (TPSA) is 21.6 Å². The van der Waals surface area contributed by atoms with E-state index in [9.17, 15) is 0 Å². The molecule has 0 unspecified atom stereocenters. The Bertz CT molecular complexity index is 365. The van der Waals surface area contributed by atoms with E-state index in [0.717, 1.165) is 22.5 Å². The summed E-state index contributed by atoms with van der Waals surface area (Å²) in [5.74, 6) is 0.755. The Hall–Kier alpha value is -0.100. The van der Waals surface area contributed by atoms with Crippen molar-refractivity contribution >= 4 is 44.4 Å². The van der Waals surface area contributed by atoms with Gasteiger partial charge in [0.25, 0.3) is 0 Å². The minimum Gasteiger partial charge on any atom is -0.475 e. The maximum atomic E-state index is 5.39. The summed E-state index contributed by atoms with van der Waals surface area (Å²) in [6, 6.07) is 6.12. The van der Waals surface area contributed by atoms with Crippen molar-refractivity contribution in [3.8, 4) is 0 Å². The van der Waals surface area contributed by atoms with Gasteiger partial charge in [0.05, 0.1) is 12.1 Å².